The molecule has 0 fully saturated rings. The molecule has 0 radical (unpaired) electrons. The third-order valence-corrected chi connectivity index (χ3v) is 3.23. The molecule has 1 atom stereocenters. The molecule has 0 aliphatic heterocycles. The van der Waals surface area contributed by atoms with Gasteiger partial charge in [-0.2, -0.15) is 4.68 Å². The third kappa shape index (κ3) is 2.13. The number of hydrogen-bond acceptors (Lipinski definition) is 4. The van der Waals surface area contributed by atoms with Gasteiger partial charge in [0.05, 0.1) is 11.7 Å². The van der Waals surface area contributed by atoms with E-state index in [-0.39, 0.29) is 6.04 Å². The summed E-state index contributed by atoms with van der Waals surface area (Å²) in [5, 5.41) is 15.2. The summed E-state index contributed by atoms with van der Waals surface area (Å²) in [6, 6.07) is 6.40. The molecule has 1 N–H and O–H groups in total. The Bertz CT molecular complexity index is 532. The smallest absolute Gasteiger partial charge is 0.173 e. The monoisotopic (exact) mass is 245 g/mol. The Labute approximate surface area is 107 Å². The minimum Gasteiger partial charge on any atom is -0.311 e. The molecule has 0 aliphatic carbocycles. The van der Waals surface area contributed by atoms with Crippen molar-refractivity contribution in [3.63, 3.8) is 0 Å². The van der Waals surface area contributed by atoms with Gasteiger partial charge in [-0.1, -0.05) is 25.1 Å². The summed E-state index contributed by atoms with van der Waals surface area (Å²) in [6.07, 6.45) is 0.963. The first kappa shape index (κ1) is 12.7. The van der Waals surface area contributed by atoms with Gasteiger partial charge in [-0.05, 0) is 48.9 Å². The lowest BCUT2D eigenvalue weighted by atomic mass is 10.1. The van der Waals surface area contributed by atoms with Crippen LogP contribution in [0.3, 0.4) is 0 Å². The van der Waals surface area contributed by atoms with Gasteiger partial charge in [-0.15, -0.1) is 5.10 Å². The Hall–Kier alpha value is -1.75. The van der Waals surface area contributed by atoms with Gasteiger partial charge in [0, 0.05) is 0 Å². The van der Waals surface area contributed by atoms with E-state index in [0.29, 0.717) is 0 Å². The molecule has 2 rings (SSSR count). The van der Waals surface area contributed by atoms with Gasteiger partial charge in [0.2, 0.25) is 0 Å². The number of rotatable bonds is 4. The molecule has 0 bridgehead atoms. The van der Waals surface area contributed by atoms with E-state index in [1.165, 1.54) is 11.1 Å². The molecule has 96 valence electrons. The van der Waals surface area contributed by atoms with E-state index in [0.717, 1.165) is 17.9 Å². The summed E-state index contributed by atoms with van der Waals surface area (Å²) in [4.78, 5) is 0. The number of aromatic nitrogens is 4. The topological polar surface area (TPSA) is 55.6 Å². The Balaban J connectivity index is 2.59. The SMILES string of the molecule is CCc1cccc(C)c1-n1nnnc1C(C)NC. The summed E-state index contributed by atoms with van der Waals surface area (Å²) >= 11 is 0. The maximum atomic E-state index is 4.14. The quantitative estimate of drug-likeness (QED) is 0.892. The molecule has 1 aromatic heterocycles. The number of tetrazole rings is 1. The molecule has 1 aromatic carbocycles. The first-order valence-electron chi connectivity index (χ1n) is 6.23. The van der Waals surface area contributed by atoms with Gasteiger partial charge in [0.1, 0.15) is 0 Å². The average Bonchev–Trinajstić information content (AvgIpc) is 2.86. The minimum atomic E-state index is 0.115. The predicted molar refractivity (Wildman–Crippen MR) is 70.7 cm³/mol. The summed E-state index contributed by atoms with van der Waals surface area (Å²) in [5.74, 6) is 0.835. The molecule has 0 spiro atoms. The maximum Gasteiger partial charge on any atom is 0.173 e. The molecule has 1 heterocycles. The molecule has 5 heteroatoms. The summed E-state index contributed by atoms with van der Waals surface area (Å²) in [7, 11) is 1.91. The van der Waals surface area contributed by atoms with E-state index >= 15 is 0 Å². The number of para-hydroxylation sites is 1. The second-order valence-corrected chi connectivity index (χ2v) is 4.40. The van der Waals surface area contributed by atoms with Crippen LogP contribution in [0, 0.1) is 6.92 Å². The van der Waals surface area contributed by atoms with Gasteiger partial charge < -0.3 is 5.32 Å². The van der Waals surface area contributed by atoms with E-state index in [1.807, 2.05) is 18.7 Å². The zero-order valence-corrected chi connectivity index (χ0v) is 11.3. The van der Waals surface area contributed by atoms with Crippen LogP contribution in [-0.4, -0.2) is 27.3 Å². The number of hydrogen-bond donors (Lipinski definition) is 1. The highest BCUT2D eigenvalue weighted by atomic mass is 15.5. The van der Waals surface area contributed by atoms with Gasteiger partial charge in [0.15, 0.2) is 5.82 Å². The molecule has 0 saturated heterocycles. The first-order chi connectivity index (χ1) is 8.69. The van der Waals surface area contributed by atoms with Crippen molar-refractivity contribution in [3.05, 3.63) is 35.2 Å². The third-order valence-electron chi connectivity index (χ3n) is 3.23. The zero-order valence-electron chi connectivity index (χ0n) is 11.3. The fourth-order valence-electron chi connectivity index (χ4n) is 2.06. The second kappa shape index (κ2) is 5.27. The first-order valence-corrected chi connectivity index (χ1v) is 6.23. The van der Waals surface area contributed by atoms with Crippen molar-refractivity contribution in [3.8, 4) is 5.69 Å². The van der Waals surface area contributed by atoms with Crippen LogP contribution in [0.1, 0.15) is 36.8 Å². The Morgan fingerprint density at radius 1 is 1.39 bits per heavy atom. The second-order valence-electron chi connectivity index (χ2n) is 4.40. The minimum absolute atomic E-state index is 0.115. The van der Waals surface area contributed by atoms with Crippen molar-refractivity contribution in [2.45, 2.75) is 33.2 Å². The summed E-state index contributed by atoms with van der Waals surface area (Å²) < 4.78 is 1.84. The lowest BCUT2D eigenvalue weighted by Gasteiger charge is -2.15. The van der Waals surface area contributed by atoms with Crippen LogP contribution in [0.5, 0.6) is 0 Å². The van der Waals surface area contributed by atoms with Crippen LogP contribution in [0.4, 0.5) is 0 Å². The lowest BCUT2D eigenvalue weighted by molar-refractivity contribution is 0.587. The Morgan fingerprint density at radius 2 is 2.17 bits per heavy atom. The zero-order chi connectivity index (χ0) is 13.1. The van der Waals surface area contributed by atoms with Gasteiger partial charge >= 0.3 is 0 Å². The van der Waals surface area contributed by atoms with E-state index in [1.54, 1.807) is 0 Å². The summed E-state index contributed by atoms with van der Waals surface area (Å²) in [5.41, 5.74) is 3.54. The normalized spacial score (nSPS) is 12.7. The molecular weight excluding hydrogens is 226 g/mol. The van der Waals surface area contributed by atoms with E-state index in [4.69, 9.17) is 0 Å². The van der Waals surface area contributed by atoms with E-state index in [2.05, 4.69) is 52.9 Å². The molecule has 2 aromatic rings. The summed E-state index contributed by atoms with van der Waals surface area (Å²) in [6.45, 7) is 6.28. The Morgan fingerprint density at radius 3 is 2.83 bits per heavy atom. The molecule has 5 nitrogen and oxygen atoms in total. The van der Waals surface area contributed by atoms with E-state index < -0.39 is 0 Å². The van der Waals surface area contributed by atoms with Crippen LogP contribution in [0.2, 0.25) is 0 Å². The molecule has 1 unspecified atom stereocenters. The van der Waals surface area contributed by atoms with Crippen molar-refractivity contribution in [2.24, 2.45) is 0 Å². The number of benzene rings is 1. The molecular formula is C13H19N5. The van der Waals surface area contributed by atoms with Crippen molar-refractivity contribution in [2.75, 3.05) is 7.05 Å². The maximum absolute atomic E-state index is 4.14. The highest BCUT2D eigenvalue weighted by Gasteiger charge is 2.17. The van der Waals surface area contributed by atoms with Crippen LogP contribution in [0.15, 0.2) is 18.2 Å². The van der Waals surface area contributed by atoms with Crippen LogP contribution >= 0.6 is 0 Å². The Kier molecular flexibility index (Phi) is 3.72. The van der Waals surface area contributed by atoms with Crippen molar-refractivity contribution < 1.29 is 0 Å². The molecule has 0 aliphatic rings. The fourth-order valence-corrected chi connectivity index (χ4v) is 2.06. The number of nitrogens with one attached hydrogen (secondary N) is 1. The van der Waals surface area contributed by atoms with Crippen LogP contribution in [0.25, 0.3) is 5.69 Å². The number of nitrogens with zero attached hydrogens (tertiary/aromatic N) is 4. The van der Waals surface area contributed by atoms with E-state index in [9.17, 15) is 0 Å². The van der Waals surface area contributed by atoms with Crippen LogP contribution in [-0.2, 0) is 6.42 Å². The molecule has 0 saturated carbocycles. The molecule has 0 amide bonds. The van der Waals surface area contributed by atoms with Gasteiger partial charge in [-0.25, -0.2) is 0 Å². The fraction of sp³-hybridized carbons (Fsp3) is 0.462. The standard InChI is InChI=1S/C13H19N5/c1-5-11-8-6-7-9(2)12(11)18-13(10(3)14-4)15-16-17-18/h6-8,10,14H,5H2,1-4H3. The highest BCUT2D eigenvalue weighted by Crippen LogP contribution is 2.21. The van der Waals surface area contributed by atoms with Crippen molar-refractivity contribution >= 4 is 0 Å². The predicted octanol–water partition coefficient (Wildman–Crippen LogP) is 1.81. The molecule has 18 heavy (non-hydrogen) atoms. The van der Waals surface area contributed by atoms with Crippen LogP contribution < -0.4 is 5.32 Å². The van der Waals surface area contributed by atoms with Crippen molar-refractivity contribution in [1.29, 1.82) is 0 Å². The van der Waals surface area contributed by atoms with Gasteiger partial charge in [0.25, 0.3) is 0 Å². The largest absolute Gasteiger partial charge is 0.311 e. The lowest BCUT2D eigenvalue weighted by Crippen LogP contribution is -2.19. The van der Waals surface area contributed by atoms with Crippen molar-refractivity contribution in [1.82, 2.24) is 25.5 Å². The average molecular weight is 245 g/mol. The highest BCUT2D eigenvalue weighted by molar-refractivity contribution is 5.47. The van der Waals surface area contributed by atoms with Gasteiger partial charge in [-0.3, -0.25) is 0 Å². The number of aryl methyl sites for hydroxylation is 2.